The molecule has 1 saturated heterocycles. The molecule has 1 amide bonds. The molecule has 1 fully saturated rings. The first-order valence-electron chi connectivity index (χ1n) is 6.66. The highest BCUT2D eigenvalue weighted by Gasteiger charge is 2.35. The van der Waals surface area contributed by atoms with Crippen molar-refractivity contribution in [1.82, 2.24) is 10.2 Å². The molecule has 19 heavy (non-hydrogen) atoms. The van der Waals surface area contributed by atoms with Crippen molar-refractivity contribution < 1.29 is 19.1 Å². The minimum Gasteiger partial charge on any atom is -0.468 e. The van der Waals surface area contributed by atoms with E-state index in [9.17, 15) is 9.59 Å². The predicted molar refractivity (Wildman–Crippen MR) is 70.6 cm³/mol. The molecule has 1 heterocycles. The highest BCUT2D eigenvalue weighted by molar-refractivity contribution is 5.83. The van der Waals surface area contributed by atoms with Gasteiger partial charge in [-0.05, 0) is 12.8 Å². The van der Waals surface area contributed by atoms with Gasteiger partial charge < -0.3 is 14.8 Å². The van der Waals surface area contributed by atoms with E-state index in [1.807, 2.05) is 18.7 Å². The molecule has 110 valence electrons. The number of morpholine rings is 1. The zero-order valence-corrected chi connectivity index (χ0v) is 12.1. The smallest absolute Gasteiger partial charge is 0.325 e. The number of amides is 1. The molecule has 1 N–H and O–H groups in total. The fraction of sp³-hybridized carbons (Fsp3) is 0.846. The molecule has 2 unspecified atom stereocenters. The Bertz CT molecular complexity index is 320. The fourth-order valence-electron chi connectivity index (χ4n) is 2.02. The van der Waals surface area contributed by atoms with Crippen LogP contribution in [0.15, 0.2) is 0 Å². The van der Waals surface area contributed by atoms with Gasteiger partial charge in [0, 0.05) is 13.1 Å². The molecular weight excluding hydrogens is 248 g/mol. The minimum absolute atomic E-state index is 0.0653. The van der Waals surface area contributed by atoms with Gasteiger partial charge in [-0.15, -0.1) is 0 Å². The first-order chi connectivity index (χ1) is 8.97. The van der Waals surface area contributed by atoms with Crippen LogP contribution in [0.1, 0.15) is 20.8 Å². The van der Waals surface area contributed by atoms with E-state index in [1.165, 1.54) is 7.11 Å². The Labute approximate surface area is 114 Å². The molecule has 1 rings (SSSR count). The topological polar surface area (TPSA) is 67.9 Å². The van der Waals surface area contributed by atoms with Gasteiger partial charge in [-0.1, -0.05) is 13.8 Å². The maximum atomic E-state index is 12.1. The average molecular weight is 272 g/mol. The van der Waals surface area contributed by atoms with Crippen LogP contribution in [0.25, 0.3) is 0 Å². The Morgan fingerprint density at radius 3 is 2.68 bits per heavy atom. The van der Waals surface area contributed by atoms with Gasteiger partial charge in [0.15, 0.2) is 0 Å². The summed E-state index contributed by atoms with van der Waals surface area (Å²) in [7, 11) is 1.35. The van der Waals surface area contributed by atoms with Gasteiger partial charge in [0.1, 0.15) is 6.04 Å². The first kappa shape index (κ1) is 15.9. The van der Waals surface area contributed by atoms with Crippen LogP contribution >= 0.6 is 0 Å². The Balaban J connectivity index is 2.63. The Hall–Kier alpha value is -1.14. The molecule has 0 spiro atoms. The van der Waals surface area contributed by atoms with Crippen LogP contribution in [-0.2, 0) is 19.1 Å². The summed E-state index contributed by atoms with van der Waals surface area (Å²) in [5.41, 5.74) is 0. The Morgan fingerprint density at radius 2 is 2.11 bits per heavy atom. The molecule has 6 heteroatoms. The van der Waals surface area contributed by atoms with Crippen molar-refractivity contribution in [3.63, 3.8) is 0 Å². The second-order valence-electron chi connectivity index (χ2n) is 5.17. The molecule has 2 atom stereocenters. The largest absolute Gasteiger partial charge is 0.468 e. The number of nitrogens with one attached hydrogen (secondary N) is 1. The number of nitrogens with zero attached hydrogens (tertiary/aromatic N) is 1. The monoisotopic (exact) mass is 272 g/mol. The number of methoxy groups -OCH3 is 1. The number of hydrogen-bond donors (Lipinski definition) is 1. The maximum absolute atomic E-state index is 12.1. The highest BCUT2D eigenvalue weighted by Crippen LogP contribution is 2.13. The van der Waals surface area contributed by atoms with Gasteiger partial charge in [0.05, 0.1) is 26.4 Å². The van der Waals surface area contributed by atoms with Crippen LogP contribution in [0.3, 0.4) is 0 Å². The van der Waals surface area contributed by atoms with E-state index in [-0.39, 0.29) is 24.5 Å². The summed E-state index contributed by atoms with van der Waals surface area (Å²) in [6.07, 6.45) is 0. The van der Waals surface area contributed by atoms with Crippen molar-refractivity contribution in [2.45, 2.75) is 32.9 Å². The van der Waals surface area contributed by atoms with Crippen molar-refractivity contribution in [2.75, 3.05) is 33.4 Å². The molecule has 0 aromatic carbocycles. The standard InChI is InChI=1S/C13H24N2O4/c1-9(2)7-14-12(16)10(3)15-5-6-19-8-11(15)13(17)18-4/h9-11H,5-8H2,1-4H3,(H,14,16). The molecule has 1 aliphatic rings. The van der Waals surface area contributed by atoms with Crippen LogP contribution in [0.2, 0.25) is 0 Å². The third-order valence-corrected chi connectivity index (χ3v) is 3.20. The van der Waals surface area contributed by atoms with Gasteiger partial charge in [-0.3, -0.25) is 14.5 Å². The molecule has 0 radical (unpaired) electrons. The van der Waals surface area contributed by atoms with E-state index in [0.717, 1.165) is 0 Å². The van der Waals surface area contributed by atoms with E-state index < -0.39 is 6.04 Å². The average Bonchev–Trinajstić information content (AvgIpc) is 2.42. The van der Waals surface area contributed by atoms with Crippen molar-refractivity contribution in [1.29, 1.82) is 0 Å². The number of esters is 1. The van der Waals surface area contributed by atoms with E-state index in [0.29, 0.717) is 25.6 Å². The van der Waals surface area contributed by atoms with Gasteiger partial charge in [0.25, 0.3) is 0 Å². The van der Waals surface area contributed by atoms with Crippen molar-refractivity contribution >= 4 is 11.9 Å². The number of carbonyl (C=O) groups is 2. The molecule has 0 aliphatic carbocycles. The highest BCUT2D eigenvalue weighted by atomic mass is 16.5. The summed E-state index contributed by atoms with van der Waals surface area (Å²) in [6, 6.07) is -0.870. The normalized spacial score (nSPS) is 22.1. The minimum atomic E-state index is -0.501. The molecule has 0 bridgehead atoms. The lowest BCUT2D eigenvalue weighted by atomic mass is 10.1. The lowest BCUT2D eigenvalue weighted by Gasteiger charge is -2.37. The Kier molecular flexibility index (Phi) is 6.24. The zero-order valence-electron chi connectivity index (χ0n) is 12.1. The molecule has 6 nitrogen and oxygen atoms in total. The number of carbonyl (C=O) groups excluding carboxylic acids is 2. The summed E-state index contributed by atoms with van der Waals surface area (Å²) < 4.78 is 10.0. The molecule has 0 saturated carbocycles. The summed E-state index contributed by atoms with van der Waals surface area (Å²) in [6.45, 7) is 7.86. The van der Waals surface area contributed by atoms with E-state index >= 15 is 0 Å². The van der Waals surface area contributed by atoms with E-state index in [2.05, 4.69) is 5.32 Å². The second-order valence-corrected chi connectivity index (χ2v) is 5.17. The number of hydrogen-bond acceptors (Lipinski definition) is 5. The predicted octanol–water partition coefficient (Wildman–Crippen LogP) is 0.0209. The molecular formula is C13H24N2O4. The third kappa shape index (κ3) is 4.47. The summed E-state index contributed by atoms with van der Waals surface area (Å²) >= 11 is 0. The lowest BCUT2D eigenvalue weighted by Crippen LogP contribution is -2.58. The first-order valence-corrected chi connectivity index (χ1v) is 6.66. The van der Waals surface area contributed by atoms with Gasteiger partial charge in [-0.25, -0.2) is 0 Å². The number of ether oxygens (including phenoxy) is 2. The van der Waals surface area contributed by atoms with Gasteiger partial charge >= 0.3 is 5.97 Å². The third-order valence-electron chi connectivity index (χ3n) is 3.20. The summed E-state index contributed by atoms with van der Waals surface area (Å²) in [5, 5.41) is 2.88. The summed E-state index contributed by atoms with van der Waals surface area (Å²) in [5.74, 6) is -0.0232. The van der Waals surface area contributed by atoms with Crippen molar-refractivity contribution in [3.05, 3.63) is 0 Å². The molecule has 1 aliphatic heterocycles. The number of rotatable bonds is 5. The quantitative estimate of drug-likeness (QED) is 0.715. The van der Waals surface area contributed by atoms with Crippen LogP contribution < -0.4 is 5.32 Å². The lowest BCUT2D eigenvalue weighted by molar-refractivity contribution is -0.156. The van der Waals surface area contributed by atoms with Gasteiger partial charge in [0.2, 0.25) is 5.91 Å². The van der Waals surface area contributed by atoms with E-state index in [4.69, 9.17) is 9.47 Å². The SMILES string of the molecule is COC(=O)C1COCCN1C(C)C(=O)NCC(C)C. The van der Waals surface area contributed by atoms with Crippen LogP contribution in [0, 0.1) is 5.92 Å². The molecule has 0 aromatic heterocycles. The maximum Gasteiger partial charge on any atom is 0.325 e. The van der Waals surface area contributed by atoms with Gasteiger partial charge in [-0.2, -0.15) is 0 Å². The van der Waals surface area contributed by atoms with Crippen LogP contribution in [0.4, 0.5) is 0 Å². The van der Waals surface area contributed by atoms with Crippen LogP contribution in [0.5, 0.6) is 0 Å². The second kappa shape index (κ2) is 7.45. The van der Waals surface area contributed by atoms with Crippen LogP contribution in [-0.4, -0.2) is 62.3 Å². The van der Waals surface area contributed by atoms with Crippen molar-refractivity contribution in [2.24, 2.45) is 5.92 Å². The Morgan fingerprint density at radius 1 is 1.42 bits per heavy atom. The summed E-state index contributed by atoms with van der Waals surface area (Å²) in [4.78, 5) is 25.6. The van der Waals surface area contributed by atoms with Crippen molar-refractivity contribution in [3.8, 4) is 0 Å². The zero-order chi connectivity index (χ0) is 14.4. The molecule has 0 aromatic rings. The van der Waals surface area contributed by atoms with E-state index in [1.54, 1.807) is 6.92 Å². The fourth-order valence-corrected chi connectivity index (χ4v) is 2.02.